The molecule has 0 atom stereocenters. The first kappa shape index (κ1) is 13.1. The van der Waals surface area contributed by atoms with E-state index >= 15 is 0 Å². The van der Waals surface area contributed by atoms with E-state index in [0.717, 1.165) is 5.69 Å². The summed E-state index contributed by atoms with van der Waals surface area (Å²) in [4.78, 5) is 16.9. The molecule has 100 valence electrons. The average Bonchev–Trinajstić information content (AvgIpc) is 2.92. The maximum absolute atomic E-state index is 12.3. The minimum absolute atomic E-state index is 0.00303. The van der Waals surface area contributed by atoms with Gasteiger partial charge in [-0.25, -0.2) is 0 Å². The molecule has 0 radical (unpaired) electrons. The Morgan fingerprint density at radius 1 is 1.61 bits per heavy atom. The van der Waals surface area contributed by atoms with Gasteiger partial charge >= 0.3 is 0 Å². The Hall–Kier alpha value is -1.33. The van der Waals surface area contributed by atoms with E-state index in [2.05, 4.69) is 4.98 Å². The lowest BCUT2D eigenvalue weighted by atomic mass is 9.78. The first-order chi connectivity index (χ1) is 8.56. The molecule has 1 amide bonds. The van der Waals surface area contributed by atoms with Gasteiger partial charge < -0.3 is 20.7 Å². The van der Waals surface area contributed by atoms with Crippen LogP contribution in [0, 0.1) is 5.92 Å². The highest BCUT2D eigenvalue weighted by Gasteiger charge is 2.35. The predicted octanol–water partition coefficient (Wildman–Crippen LogP) is 0.857. The molecule has 1 heterocycles. The van der Waals surface area contributed by atoms with Crippen molar-refractivity contribution in [1.82, 2.24) is 4.98 Å². The lowest BCUT2D eigenvalue weighted by Gasteiger charge is -2.35. The summed E-state index contributed by atoms with van der Waals surface area (Å²) in [5.74, 6) is 0.116. The van der Waals surface area contributed by atoms with Gasteiger partial charge in [0.2, 0.25) is 5.91 Å². The van der Waals surface area contributed by atoms with Gasteiger partial charge in [-0.05, 0) is 31.7 Å². The molecule has 4 N–H and O–H groups in total. The number of aromatic nitrogens is 1. The summed E-state index contributed by atoms with van der Waals surface area (Å²) < 4.78 is 0. The second kappa shape index (κ2) is 5.12. The molecule has 1 aliphatic carbocycles. The topological polar surface area (TPSA) is 82.3 Å². The van der Waals surface area contributed by atoms with Gasteiger partial charge in [-0.2, -0.15) is 0 Å². The molecule has 2 rings (SSSR count). The van der Waals surface area contributed by atoms with Crippen molar-refractivity contribution in [1.29, 1.82) is 0 Å². The number of carbonyl (C=O) groups excluding carboxylic acids is 1. The third kappa shape index (κ3) is 2.57. The Kier molecular flexibility index (Phi) is 3.73. The van der Waals surface area contributed by atoms with Gasteiger partial charge in [0.15, 0.2) is 0 Å². The second-order valence-corrected chi connectivity index (χ2v) is 5.17. The zero-order valence-corrected chi connectivity index (χ0v) is 10.7. The van der Waals surface area contributed by atoms with Gasteiger partial charge in [-0.15, -0.1) is 0 Å². The lowest BCUT2D eigenvalue weighted by molar-refractivity contribution is -0.124. The third-order valence-electron chi connectivity index (χ3n) is 3.94. The van der Waals surface area contributed by atoms with Crippen molar-refractivity contribution in [3.8, 4) is 0 Å². The number of anilines is 1. The first-order valence-corrected chi connectivity index (χ1v) is 6.38. The molecule has 0 saturated heterocycles. The first-order valence-electron chi connectivity index (χ1n) is 6.38. The van der Waals surface area contributed by atoms with Crippen molar-refractivity contribution in [2.45, 2.75) is 31.3 Å². The fourth-order valence-corrected chi connectivity index (χ4v) is 2.53. The van der Waals surface area contributed by atoms with Crippen LogP contribution in [0.5, 0.6) is 0 Å². The quantitative estimate of drug-likeness (QED) is 0.745. The molecule has 1 aromatic rings. The summed E-state index contributed by atoms with van der Waals surface area (Å²) in [6.07, 6.45) is 6.24. The van der Waals surface area contributed by atoms with Crippen molar-refractivity contribution < 1.29 is 9.90 Å². The fraction of sp³-hybridized carbons (Fsp3) is 0.615. The van der Waals surface area contributed by atoms with Crippen molar-refractivity contribution in [3.05, 3.63) is 18.5 Å². The molecule has 18 heavy (non-hydrogen) atoms. The van der Waals surface area contributed by atoms with E-state index in [9.17, 15) is 9.90 Å². The summed E-state index contributed by atoms with van der Waals surface area (Å²) in [7, 11) is 1.79. The number of hydrogen-bond acceptors (Lipinski definition) is 3. The maximum Gasteiger partial charge on any atom is 0.229 e. The number of amides is 1. The van der Waals surface area contributed by atoms with Gasteiger partial charge in [-0.3, -0.25) is 4.79 Å². The highest BCUT2D eigenvalue weighted by atomic mass is 16.3. The molecule has 5 nitrogen and oxygen atoms in total. The number of rotatable bonds is 3. The van der Waals surface area contributed by atoms with Crippen LogP contribution < -0.4 is 10.6 Å². The Morgan fingerprint density at radius 2 is 2.28 bits per heavy atom. The SMILES string of the molecule is CN(C(=O)C1CCC(O)(CN)CC1)c1cc[nH]c1. The highest BCUT2D eigenvalue weighted by molar-refractivity contribution is 5.94. The number of hydrogen-bond donors (Lipinski definition) is 3. The van der Waals surface area contributed by atoms with Crippen molar-refractivity contribution in [2.24, 2.45) is 11.7 Å². The summed E-state index contributed by atoms with van der Waals surface area (Å²) >= 11 is 0. The number of aromatic amines is 1. The second-order valence-electron chi connectivity index (χ2n) is 5.17. The summed E-state index contributed by atoms with van der Waals surface area (Å²) in [5, 5.41) is 10.0. The van der Waals surface area contributed by atoms with E-state index in [1.807, 2.05) is 6.07 Å². The number of aliphatic hydroxyl groups is 1. The Labute approximate surface area is 107 Å². The monoisotopic (exact) mass is 251 g/mol. The number of nitrogens with one attached hydrogen (secondary N) is 1. The molecule has 1 aliphatic rings. The van der Waals surface area contributed by atoms with Gasteiger partial charge in [0.05, 0.1) is 11.3 Å². The van der Waals surface area contributed by atoms with Crippen molar-refractivity contribution in [3.63, 3.8) is 0 Å². The lowest BCUT2D eigenvalue weighted by Crippen LogP contribution is -2.44. The number of nitrogens with zero attached hydrogens (tertiary/aromatic N) is 1. The van der Waals surface area contributed by atoms with E-state index < -0.39 is 5.60 Å². The van der Waals surface area contributed by atoms with E-state index in [0.29, 0.717) is 25.7 Å². The van der Waals surface area contributed by atoms with Crippen molar-refractivity contribution in [2.75, 3.05) is 18.5 Å². The van der Waals surface area contributed by atoms with Crippen LogP contribution in [0.15, 0.2) is 18.5 Å². The highest BCUT2D eigenvalue weighted by Crippen LogP contribution is 2.33. The minimum atomic E-state index is -0.760. The molecule has 5 heteroatoms. The van der Waals surface area contributed by atoms with Gasteiger partial charge in [-0.1, -0.05) is 0 Å². The average molecular weight is 251 g/mol. The van der Waals surface area contributed by atoms with Gasteiger partial charge in [0.1, 0.15) is 0 Å². The third-order valence-corrected chi connectivity index (χ3v) is 3.94. The Balaban J connectivity index is 1.96. The van der Waals surface area contributed by atoms with E-state index in [1.165, 1.54) is 0 Å². The number of nitrogens with two attached hydrogens (primary N) is 1. The Bertz CT molecular complexity index is 394. The molecule has 0 aromatic carbocycles. The molecular formula is C13H21N3O2. The largest absolute Gasteiger partial charge is 0.389 e. The van der Waals surface area contributed by atoms with E-state index in [-0.39, 0.29) is 18.4 Å². The van der Waals surface area contributed by atoms with Crippen LogP contribution >= 0.6 is 0 Å². The van der Waals surface area contributed by atoms with Crippen LogP contribution in [0.25, 0.3) is 0 Å². The molecule has 0 spiro atoms. The molecule has 1 fully saturated rings. The van der Waals surface area contributed by atoms with Crippen LogP contribution in [-0.2, 0) is 4.79 Å². The van der Waals surface area contributed by atoms with Crippen molar-refractivity contribution >= 4 is 11.6 Å². The van der Waals surface area contributed by atoms with Crippen LogP contribution in [0.3, 0.4) is 0 Å². The standard InChI is InChI=1S/C13H21N3O2/c1-16(11-4-7-15-8-11)12(17)10-2-5-13(18,9-14)6-3-10/h4,7-8,10,15,18H,2-3,5-6,9,14H2,1H3. The van der Waals surface area contributed by atoms with E-state index in [1.54, 1.807) is 24.3 Å². The molecule has 1 aromatic heterocycles. The van der Waals surface area contributed by atoms with Gasteiger partial charge in [0.25, 0.3) is 0 Å². The van der Waals surface area contributed by atoms with Crippen LogP contribution in [-0.4, -0.2) is 35.2 Å². The molecule has 1 saturated carbocycles. The van der Waals surface area contributed by atoms with Crippen LogP contribution in [0.2, 0.25) is 0 Å². The smallest absolute Gasteiger partial charge is 0.229 e. The predicted molar refractivity (Wildman–Crippen MR) is 70.2 cm³/mol. The number of H-pyrrole nitrogens is 1. The normalized spacial score (nSPS) is 28.1. The summed E-state index contributed by atoms with van der Waals surface area (Å²) in [6.45, 7) is 0.279. The zero-order chi connectivity index (χ0) is 13.2. The molecular weight excluding hydrogens is 230 g/mol. The molecule has 0 aliphatic heterocycles. The zero-order valence-electron chi connectivity index (χ0n) is 10.7. The minimum Gasteiger partial charge on any atom is -0.389 e. The van der Waals surface area contributed by atoms with Crippen LogP contribution in [0.1, 0.15) is 25.7 Å². The maximum atomic E-state index is 12.3. The van der Waals surface area contributed by atoms with Crippen LogP contribution in [0.4, 0.5) is 5.69 Å². The van der Waals surface area contributed by atoms with Gasteiger partial charge in [0, 0.05) is 31.9 Å². The molecule has 0 bridgehead atoms. The number of carbonyl (C=O) groups is 1. The fourth-order valence-electron chi connectivity index (χ4n) is 2.53. The summed E-state index contributed by atoms with van der Waals surface area (Å²) in [5.41, 5.74) is 5.66. The molecule has 0 unspecified atom stereocenters. The Morgan fingerprint density at radius 3 is 2.78 bits per heavy atom. The van der Waals surface area contributed by atoms with E-state index in [4.69, 9.17) is 5.73 Å². The summed E-state index contributed by atoms with van der Waals surface area (Å²) in [6, 6.07) is 1.87.